The van der Waals surface area contributed by atoms with Gasteiger partial charge in [0.2, 0.25) is 0 Å². The predicted octanol–water partition coefficient (Wildman–Crippen LogP) is 2.95. The van der Waals surface area contributed by atoms with Crippen LogP contribution in [0.5, 0.6) is 0 Å². The molecule has 0 radical (unpaired) electrons. The van der Waals surface area contributed by atoms with Crippen molar-refractivity contribution in [3.8, 4) is 0 Å². The molecule has 0 saturated carbocycles. The van der Waals surface area contributed by atoms with E-state index in [4.69, 9.17) is 9.84 Å². The average Bonchev–Trinajstić information content (AvgIpc) is 2.40. The zero-order chi connectivity index (χ0) is 13.8. The summed E-state index contributed by atoms with van der Waals surface area (Å²) in [5.41, 5.74) is 0.549. The van der Waals surface area contributed by atoms with Crippen LogP contribution in [0.2, 0.25) is 0 Å². The molecule has 2 rings (SSSR count). The van der Waals surface area contributed by atoms with Gasteiger partial charge in [-0.15, -0.1) is 0 Å². The van der Waals surface area contributed by atoms with Crippen molar-refractivity contribution in [2.75, 3.05) is 13.2 Å². The molecule has 3 nitrogen and oxygen atoms in total. The fourth-order valence-electron chi connectivity index (χ4n) is 2.61. The molecule has 1 atom stereocenters. The molecule has 104 valence electrons. The lowest BCUT2D eigenvalue weighted by molar-refractivity contribution is -0.138. The number of carboxylic acids is 1. The monoisotopic (exact) mass is 270 g/mol. The Hall–Kier alpha value is -1.49. The van der Waals surface area contributed by atoms with Crippen LogP contribution in [-0.4, -0.2) is 24.3 Å². The third-order valence-corrected chi connectivity index (χ3v) is 3.60. The number of carboxylic acid groups (broad SMARTS) is 1. The first-order valence-corrected chi connectivity index (χ1v) is 6.32. The van der Waals surface area contributed by atoms with Crippen LogP contribution in [0.1, 0.15) is 30.7 Å². The van der Waals surface area contributed by atoms with Crippen LogP contribution in [-0.2, 0) is 9.53 Å². The normalized spacial score (nSPS) is 18.2. The molecule has 0 aromatic heterocycles. The Labute approximate surface area is 110 Å². The number of hydrogen-bond acceptors (Lipinski definition) is 2. The van der Waals surface area contributed by atoms with E-state index in [1.54, 1.807) is 0 Å². The van der Waals surface area contributed by atoms with Crippen molar-refractivity contribution in [3.05, 3.63) is 35.4 Å². The van der Waals surface area contributed by atoms with E-state index in [1.807, 2.05) is 0 Å². The Morgan fingerprint density at radius 3 is 2.58 bits per heavy atom. The van der Waals surface area contributed by atoms with Crippen LogP contribution in [0.4, 0.5) is 8.78 Å². The van der Waals surface area contributed by atoms with Gasteiger partial charge < -0.3 is 9.84 Å². The van der Waals surface area contributed by atoms with Crippen molar-refractivity contribution >= 4 is 5.97 Å². The molecule has 1 heterocycles. The maximum absolute atomic E-state index is 13.3. The molecule has 5 heteroatoms. The summed E-state index contributed by atoms with van der Waals surface area (Å²) in [5.74, 6) is -2.93. The molecule has 0 aliphatic carbocycles. The lowest BCUT2D eigenvalue weighted by Gasteiger charge is -2.29. The Morgan fingerprint density at radius 1 is 1.32 bits per heavy atom. The molecule has 1 unspecified atom stereocenters. The summed E-state index contributed by atoms with van der Waals surface area (Å²) in [7, 11) is 0. The van der Waals surface area contributed by atoms with Crippen LogP contribution in [0, 0.1) is 17.6 Å². The summed E-state index contributed by atoms with van der Waals surface area (Å²) < 4.78 is 31.5. The van der Waals surface area contributed by atoms with E-state index in [9.17, 15) is 13.6 Å². The first kappa shape index (κ1) is 13.9. The van der Waals surface area contributed by atoms with Crippen molar-refractivity contribution in [3.63, 3.8) is 0 Å². The number of benzene rings is 1. The first-order chi connectivity index (χ1) is 9.08. The van der Waals surface area contributed by atoms with Gasteiger partial charge in [0.25, 0.3) is 0 Å². The summed E-state index contributed by atoms with van der Waals surface area (Å²) in [5, 5.41) is 9.00. The third kappa shape index (κ3) is 3.50. The number of rotatable bonds is 4. The Balaban J connectivity index is 2.24. The fourth-order valence-corrected chi connectivity index (χ4v) is 2.61. The molecule has 19 heavy (non-hydrogen) atoms. The first-order valence-electron chi connectivity index (χ1n) is 6.32. The minimum atomic E-state index is -0.931. The Kier molecular flexibility index (Phi) is 4.47. The topological polar surface area (TPSA) is 46.5 Å². The van der Waals surface area contributed by atoms with Crippen LogP contribution < -0.4 is 0 Å². The summed E-state index contributed by atoms with van der Waals surface area (Å²) in [6.07, 6.45) is 1.42. The van der Waals surface area contributed by atoms with Crippen LogP contribution >= 0.6 is 0 Å². The molecule has 1 saturated heterocycles. The Bertz CT molecular complexity index is 456. The minimum Gasteiger partial charge on any atom is -0.481 e. The van der Waals surface area contributed by atoms with Gasteiger partial charge in [0, 0.05) is 13.2 Å². The number of hydrogen-bond donors (Lipinski definition) is 1. The van der Waals surface area contributed by atoms with E-state index in [-0.39, 0.29) is 18.3 Å². The second-order valence-electron chi connectivity index (χ2n) is 4.83. The lowest BCUT2D eigenvalue weighted by atomic mass is 9.79. The molecular weight excluding hydrogens is 254 g/mol. The van der Waals surface area contributed by atoms with Crippen LogP contribution in [0.15, 0.2) is 18.2 Å². The van der Waals surface area contributed by atoms with E-state index in [0.717, 1.165) is 25.0 Å². The largest absolute Gasteiger partial charge is 0.481 e. The molecule has 1 aromatic rings. The van der Waals surface area contributed by atoms with Gasteiger partial charge >= 0.3 is 5.97 Å². The van der Waals surface area contributed by atoms with Crippen molar-refractivity contribution in [1.29, 1.82) is 0 Å². The smallest absolute Gasteiger partial charge is 0.303 e. The van der Waals surface area contributed by atoms with E-state index < -0.39 is 17.6 Å². The van der Waals surface area contributed by atoms with Crippen molar-refractivity contribution < 1.29 is 23.4 Å². The number of ether oxygens (including phenoxy) is 1. The van der Waals surface area contributed by atoms with Crippen molar-refractivity contribution in [2.45, 2.75) is 25.2 Å². The van der Waals surface area contributed by atoms with Gasteiger partial charge in [-0.05, 0) is 42.4 Å². The molecule has 1 fully saturated rings. The number of aliphatic carboxylic acids is 1. The highest BCUT2D eigenvalue weighted by Gasteiger charge is 2.28. The van der Waals surface area contributed by atoms with Crippen LogP contribution in [0.25, 0.3) is 0 Å². The lowest BCUT2D eigenvalue weighted by Crippen LogP contribution is -2.24. The fraction of sp³-hybridized carbons (Fsp3) is 0.500. The van der Waals surface area contributed by atoms with Crippen LogP contribution in [0.3, 0.4) is 0 Å². The maximum atomic E-state index is 13.3. The summed E-state index contributed by atoms with van der Waals surface area (Å²) in [4.78, 5) is 11.0. The molecule has 1 aliphatic rings. The molecular formula is C14H16F2O3. The highest BCUT2D eigenvalue weighted by atomic mass is 19.2. The Morgan fingerprint density at radius 2 is 2.00 bits per heavy atom. The van der Waals surface area contributed by atoms with Gasteiger partial charge in [0.05, 0.1) is 6.42 Å². The molecule has 0 spiro atoms. The molecule has 0 bridgehead atoms. The van der Waals surface area contributed by atoms with E-state index >= 15 is 0 Å². The molecule has 1 aromatic carbocycles. The third-order valence-electron chi connectivity index (χ3n) is 3.60. The SMILES string of the molecule is O=C(O)CC(c1ccc(F)c(F)c1)C1CCOCC1. The standard InChI is InChI=1S/C14H16F2O3/c15-12-2-1-10(7-13(12)16)11(8-14(17)18)9-3-5-19-6-4-9/h1-2,7,9,11H,3-6,8H2,(H,17,18). The van der Waals surface area contributed by atoms with Gasteiger partial charge in [-0.25, -0.2) is 8.78 Å². The summed E-state index contributed by atoms with van der Waals surface area (Å²) in [6, 6.07) is 3.64. The second-order valence-corrected chi connectivity index (χ2v) is 4.83. The summed E-state index contributed by atoms with van der Waals surface area (Å²) in [6.45, 7) is 1.18. The quantitative estimate of drug-likeness (QED) is 0.915. The molecule has 1 N–H and O–H groups in total. The van der Waals surface area contributed by atoms with Gasteiger partial charge in [-0.3, -0.25) is 4.79 Å². The van der Waals surface area contributed by atoms with E-state index in [2.05, 4.69) is 0 Å². The highest BCUT2D eigenvalue weighted by molar-refractivity contribution is 5.68. The second kappa shape index (κ2) is 6.10. The number of carbonyl (C=O) groups is 1. The number of halogens is 2. The highest BCUT2D eigenvalue weighted by Crippen LogP contribution is 2.35. The van der Waals surface area contributed by atoms with Gasteiger partial charge in [-0.1, -0.05) is 6.07 Å². The van der Waals surface area contributed by atoms with Gasteiger partial charge in [-0.2, -0.15) is 0 Å². The molecule has 0 amide bonds. The molecule has 1 aliphatic heterocycles. The zero-order valence-electron chi connectivity index (χ0n) is 10.4. The van der Waals surface area contributed by atoms with Crippen molar-refractivity contribution in [2.24, 2.45) is 5.92 Å². The predicted molar refractivity (Wildman–Crippen MR) is 64.9 cm³/mol. The van der Waals surface area contributed by atoms with Gasteiger partial charge in [0.1, 0.15) is 0 Å². The van der Waals surface area contributed by atoms with Crippen molar-refractivity contribution in [1.82, 2.24) is 0 Å². The van der Waals surface area contributed by atoms with E-state index in [0.29, 0.717) is 18.8 Å². The zero-order valence-corrected chi connectivity index (χ0v) is 10.4. The summed E-state index contributed by atoms with van der Waals surface area (Å²) >= 11 is 0. The minimum absolute atomic E-state index is 0.0737. The van der Waals surface area contributed by atoms with E-state index in [1.165, 1.54) is 6.07 Å². The maximum Gasteiger partial charge on any atom is 0.303 e. The average molecular weight is 270 g/mol. The van der Waals surface area contributed by atoms with Gasteiger partial charge in [0.15, 0.2) is 11.6 Å².